The third-order valence-corrected chi connectivity index (χ3v) is 5.96. The highest BCUT2D eigenvalue weighted by atomic mass is 32.2. The van der Waals surface area contributed by atoms with Crippen LogP contribution >= 0.6 is 46.2 Å². The lowest BCUT2D eigenvalue weighted by atomic mass is 10.3. The Hall–Kier alpha value is -0.290. The lowest BCUT2D eigenvalue weighted by Gasteiger charge is -1.84. The standard InChI is InChI=1S/C9H4S4/c10-9-12-7-5-3-1-2-4-6(5)11-8(7)13-9/h1-4H. The minimum absolute atomic E-state index is 1.03. The first-order valence-electron chi connectivity index (χ1n) is 3.76. The topological polar surface area (TPSA) is 0 Å². The number of benzene rings is 1. The molecule has 0 aliphatic heterocycles. The molecule has 3 rings (SSSR count). The van der Waals surface area contributed by atoms with Gasteiger partial charge in [-0.05, 0) is 6.07 Å². The minimum Gasteiger partial charge on any atom is -0.123 e. The van der Waals surface area contributed by atoms with Gasteiger partial charge in [0.05, 0.1) is 4.70 Å². The Labute approximate surface area is 92.1 Å². The summed E-state index contributed by atoms with van der Waals surface area (Å²) in [6.45, 7) is 0. The van der Waals surface area contributed by atoms with Crippen molar-refractivity contribution in [3.63, 3.8) is 0 Å². The normalized spacial score (nSPS) is 11.4. The third-order valence-electron chi connectivity index (χ3n) is 1.88. The van der Waals surface area contributed by atoms with Gasteiger partial charge in [-0.15, -0.1) is 34.0 Å². The van der Waals surface area contributed by atoms with E-state index in [1.54, 1.807) is 22.7 Å². The van der Waals surface area contributed by atoms with Crippen LogP contribution in [0.5, 0.6) is 0 Å². The van der Waals surface area contributed by atoms with Crippen molar-refractivity contribution in [1.82, 2.24) is 0 Å². The molecule has 0 saturated heterocycles. The van der Waals surface area contributed by atoms with E-state index in [1.165, 1.54) is 18.8 Å². The van der Waals surface area contributed by atoms with Crippen molar-refractivity contribution >= 4 is 65.0 Å². The zero-order chi connectivity index (χ0) is 8.84. The summed E-state index contributed by atoms with van der Waals surface area (Å²) in [7, 11) is 0. The molecule has 0 saturated carbocycles. The molecule has 4 heteroatoms. The predicted octanol–water partition coefficient (Wildman–Crippen LogP) is 4.91. The Morgan fingerprint density at radius 1 is 1.00 bits per heavy atom. The molecule has 0 nitrogen and oxygen atoms in total. The molecule has 0 fully saturated rings. The summed E-state index contributed by atoms with van der Waals surface area (Å²) < 4.78 is 5.15. The molecule has 0 aliphatic rings. The quantitative estimate of drug-likeness (QED) is 0.503. The fourth-order valence-corrected chi connectivity index (χ4v) is 5.80. The molecule has 0 N–H and O–H groups in total. The van der Waals surface area contributed by atoms with Gasteiger partial charge < -0.3 is 0 Å². The van der Waals surface area contributed by atoms with Crippen LogP contribution in [0.4, 0.5) is 0 Å². The Kier molecular flexibility index (Phi) is 1.77. The average Bonchev–Trinajstić information content (AvgIpc) is 2.60. The van der Waals surface area contributed by atoms with Crippen LogP contribution in [0.3, 0.4) is 0 Å². The van der Waals surface area contributed by atoms with Gasteiger partial charge in [0.1, 0.15) is 7.15 Å². The summed E-state index contributed by atoms with van der Waals surface area (Å²) in [5.41, 5.74) is 0. The van der Waals surface area contributed by atoms with E-state index >= 15 is 0 Å². The molecule has 0 spiro atoms. The molecule has 13 heavy (non-hydrogen) atoms. The van der Waals surface area contributed by atoms with Gasteiger partial charge in [0, 0.05) is 10.1 Å². The van der Waals surface area contributed by atoms with E-state index in [0.717, 1.165) is 3.14 Å². The van der Waals surface area contributed by atoms with Crippen molar-refractivity contribution in [3.05, 3.63) is 27.4 Å². The minimum atomic E-state index is 1.03. The molecule has 3 aromatic rings. The van der Waals surface area contributed by atoms with Crippen LogP contribution in [0.1, 0.15) is 0 Å². The van der Waals surface area contributed by atoms with E-state index < -0.39 is 0 Å². The van der Waals surface area contributed by atoms with Gasteiger partial charge in [0.15, 0.2) is 0 Å². The monoisotopic (exact) mass is 240 g/mol. The summed E-state index contributed by atoms with van der Waals surface area (Å²) in [4.78, 5) is 0. The summed E-state index contributed by atoms with van der Waals surface area (Å²) >= 11 is 10.5. The van der Waals surface area contributed by atoms with Gasteiger partial charge in [0.2, 0.25) is 0 Å². The molecule has 64 valence electrons. The van der Waals surface area contributed by atoms with Crippen molar-refractivity contribution in [1.29, 1.82) is 0 Å². The van der Waals surface area contributed by atoms with Crippen LogP contribution in [0.2, 0.25) is 0 Å². The highest BCUT2D eigenvalue weighted by molar-refractivity contribution is 7.77. The predicted molar refractivity (Wildman–Crippen MR) is 65.9 cm³/mol. The molecule has 0 bridgehead atoms. The summed E-state index contributed by atoms with van der Waals surface area (Å²) in [5.74, 6) is 0. The Morgan fingerprint density at radius 2 is 1.85 bits per heavy atom. The number of rotatable bonds is 0. The molecule has 0 unspecified atom stereocenters. The fourth-order valence-electron chi connectivity index (χ4n) is 1.34. The SMILES string of the molecule is S=c1sc2sc3ccccc3c2s1. The van der Waals surface area contributed by atoms with Crippen LogP contribution in [-0.2, 0) is 0 Å². The Morgan fingerprint density at radius 3 is 2.77 bits per heavy atom. The van der Waals surface area contributed by atoms with Gasteiger partial charge in [-0.3, -0.25) is 0 Å². The lowest BCUT2D eigenvalue weighted by Crippen LogP contribution is -1.58. The third kappa shape index (κ3) is 1.17. The second kappa shape index (κ2) is 2.85. The summed E-state index contributed by atoms with van der Waals surface area (Å²) in [5, 5.41) is 1.36. The van der Waals surface area contributed by atoms with Crippen molar-refractivity contribution in [2.75, 3.05) is 0 Å². The molecule has 0 radical (unpaired) electrons. The zero-order valence-corrected chi connectivity index (χ0v) is 9.71. The maximum Gasteiger partial charge on any atom is 0.145 e. The first-order valence-corrected chi connectivity index (χ1v) is 6.61. The Bertz CT molecular complexity index is 625. The van der Waals surface area contributed by atoms with Crippen LogP contribution in [0.25, 0.3) is 18.8 Å². The maximum atomic E-state index is 5.17. The van der Waals surface area contributed by atoms with Crippen molar-refractivity contribution in [2.45, 2.75) is 0 Å². The van der Waals surface area contributed by atoms with E-state index in [4.69, 9.17) is 12.2 Å². The fraction of sp³-hybridized carbons (Fsp3) is 0. The van der Waals surface area contributed by atoms with Gasteiger partial charge in [0.25, 0.3) is 0 Å². The maximum absolute atomic E-state index is 5.17. The van der Waals surface area contributed by atoms with Gasteiger partial charge in [-0.25, -0.2) is 0 Å². The second-order valence-electron chi connectivity index (χ2n) is 2.67. The highest BCUT2D eigenvalue weighted by Gasteiger charge is 2.06. The van der Waals surface area contributed by atoms with Gasteiger partial charge in [-0.1, -0.05) is 30.4 Å². The molecule has 1 aromatic carbocycles. The largest absolute Gasteiger partial charge is 0.145 e. The molecule has 0 amide bonds. The number of hydrogen-bond acceptors (Lipinski definition) is 4. The van der Waals surface area contributed by atoms with E-state index in [2.05, 4.69) is 24.3 Å². The zero-order valence-electron chi connectivity index (χ0n) is 6.44. The van der Waals surface area contributed by atoms with Gasteiger partial charge >= 0.3 is 0 Å². The molecule has 0 atom stereocenters. The van der Waals surface area contributed by atoms with Crippen molar-refractivity contribution < 1.29 is 0 Å². The van der Waals surface area contributed by atoms with Crippen LogP contribution in [0, 0.1) is 3.14 Å². The average molecular weight is 240 g/mol. The smallest absolute Gasteiger partial charge is 0.123 e. The van der Waals surface area contributed by atoms with Gasteiger partial charge in [-0.2, -0.15) is 0 Å². The molecular weight excluding hydrogens is 236 g/mol. The van der Waals surface area contributed by atoms with E-state index in [-0.39, 0.29) is 0 Å². The van der Waals surface area contributed by atoms with E-state index in [1.807, 2.05) is 11.3 Å². The van der Waals surface area contributed by atoms with Crippen LogP contribution < -0.4 is 0 Å². The summed E-state index contributed by atoms with van der Waals surface area (Å²) in [6, 6.07) is 8.51. The van der Waals surface area contributed by atoms with E-state index in [9.17, 15) is 0 Å². The lowest BCUT2D eigenvalue weighted by molar-refractivity contribution is 1.87. The molecule has 2 heterocycles. The first kappa shape index (κ1) is 8.05. The molecule has 0 aliphatic carbocycles. The second-order valence-corrected chi connectivity index (χ2v) is 7.20. The number of thiophene rings is 1. The number of hydrogen-bond donors (Lipinski definition) is 0. The molecular formula is C9H4S4. The van der Waals surface area contributed by atoms with Crippen LogP contribution in [-0.4, -0.2) is 0 Å². The van der Waals surface area contributed by atoms with Crippen molar-refractivity contribution in [3.8, 4) is 0 Å². The van der Waals surface area contributed by atoms with Crippen LogP contribution in [0.15, 0.2) is 24.3 Å². The first-order chi connectivity index (χ1) is 6.34. The number of fused-ring (bicyclic) bond motifs is 3. The Balaban J connectivity index is 2.67. The van der Waals surface area contributed by atoms with Crippen molar-refractivity contribution in [2.24, 2.45) is 0 Å². The highest BCUT2D eigenvalue weighted by Crippen LogP contribution is 2.40. The summed E-state index contributed by atoms with van der Waals surface area (Å²) in [6.07, 6.45) is 0. The van der Waals surface area contributed by atoms with E-state index in [0.29, 0.717) is 0 Å². The molecule has 2 aromatic heterocycles.